The summed E-state index contributed by atoms with van der Waals surface area (Å²) in [7, 11) is 0. The van der Waals surface area contributed by atoms with Crippen LogP contribution in [-0.2, 0) is 6.42 Å². The van der Waals surface area contributed by atoms with E-state index in [0.717, 1.165) is 6.42 Å². The van der Waals surface area contributed by atoms with Crippen molar-refractivity contribution in [1.29, 1.82) is 0 Å². The third-order valence-corrected chi connectivity index (χ3v) is 4.62. The van der Waals surface area contributed by atoms with Crippen molar-refractivity contribution in [2.45, 2.75) is 13.3 Å². The number of halogens is 2. The Morgan fingerprint density at radius 1 is 1.30 bits per heavy atom. The maximum Gasteiger partial charge on any atom is 0.0295 e. The minimum atomic E-state index is 1.13. The molecule has 0 nitrogen and oxygen atoms in total. The molecule has 0 saturated carbocycles. The van der Waals surface area contributed by atoms with E-state index in [2.05, 4.69) is 70.3 Å². The van der Waals surface area contributed by atoms with Crippen LogP contribution in [0.1, 0.15) is 12.5 Å². The van der Waals surface area contributed by atoms with Crippen LogP contribution < -0.4 is 0 Å². The summed E-state index contributed by atoms with van der Waals surface area (Å²) in [5.41, 5.74) is 1.45. The first-order valence-electron chi connectivity index (χ1n) is 3.18. The summed E-state index contributed by atoms with van der Waals surface area (Å²) in [5.74, 6) is 0. The van der Waals surface area contributed by atoms with Crippen LogP contribution in [0.2, 0.25) is 0 Å². The SMILES string of the molecule is CCc1cccc(I)c1I. The van der Waals surface area contributed by atoms with Gasteiger partial charge in [0.15, 0.2) is 0 Å². The van der Waals surface area contributed by atoms with E-state index < -0.39 is 0 Å². The van der Waals surface area contributed by atoms with E-state index in [0.29, 0.717) is 0 Å². The molecule has 0 N–H and O–H groups in total. The highest BCUT2D eigenvalue weighted by atomic mass is 127. The molecule has 0 aliphatic heterocycles. The Hall–Kier alpha value is 0.680. The number of hydrogen-bond acceptors (Lipinski definition) is 0. The summed E-state index contributed by atoms with van der Waals surface area (Å²) in [6, 6.07) is 6.44. The molecule has 0 radical (unpaired) electrons. The van der Waals surface area contributed by atoms with Crippen LogP contribution >= 0.6 is 45.2 Å². The van der Waals surface area contributed by atoms with Crippen molar-refractivity contribution < 1.29 is 0 Å². The van der Waals surface area contributed by atoms with Gasteiger partial charge in [-0.1, -0.05) is 19.1 Å². The quantitative estimate of drug-likeness (QED) is 0.675. The van der Waals surface area contributed by atoms with Gasteiger partial charge in [0.25, 0.3) is 0 Å². The Labute approximate surface area is 88.7 Å². The van der Waals surface area contributed by atoms with E-state index in [4.69, 9.17) is 0 Å². The second-order valence-electron chi connectivity index (χ2n) is 2.07. The monoisotopic (exact) mass is 358 g/mol. The lowest BCUT2D eigenvalue weighted by Gasteiger charge is -2.01. The van der Waals surface area contributed by atoms with Crippen LogP contribution in [0.25, 0.3) is 0 Å². The van der Waals surface area contributed by atoms with Gasteiger partial charge in [-0.15, -0.1) is 0 Å². The predicted octanol–water partition coefficient (Wildman–Crippen LogP) is 3.46. The average molecular weight is 358 g/mol. The van der Waals surface area contributed by atoms with Crippen molar-refractivity contribution in [2.75, 3.05) is 0 Å². The second kappa shape index (κ2) is 3.90. The Morgan fingerprint density at radius 3 is 2.50 bits per heavy atom. The van der Waals surface area contributed by atoms with Gasteiger partial charge in [-0.2, -0.15) is 0 Å². The molecule has 0 amide bonds. The summed E-state index contributed by atoms with van der Waals surface area (Å²) in [6.45, 7) is 2.19. The fourth-order valence-corrected chi connectivity index (χ4v) is 2.12. The molecule has 0 unspecified atom stereocenters. The number of rotatable bonds is 1. The van der Waals surface area contributed by atoms with Crippen molar-refractivity contribution in [3.05, 3.63) is 30.9 Å². The van der Waals surface area contributed by atoms with Crippen molar-refractivity contribution in [3.63, 3.8) is 0 Å². The molecule has 0 heterocycles. The van der Waals surface area contributed by atoms with E-state index in [-0.39, 0.29) is 0 Å². The fourth-order valence-electron chi connectivity index (χ4n) is 0.822. The Bertz CT molecular complexity index is 231. The Balaban J connectivity index is 3.14. The second-order valence-corrected chi connectivity index (χ2v) is 4.31. The van der Waals surface area contributed by atoms with Crippen LogP contribution in [0, 0.1) is 7.14 Å². The van der Waals surface area contributed by atoms with E-state index in [1.807, 2.05) is 0 Å². The number of hydrogen-bond donors (Lipinski definition) is 0. The third-order valence-electron chi connectivity index (χ3n) is 1.41. The molecular weight excluding hydrogens is 350 g/mol. The molecule has 0 saturated heterocycles. The summed E-state index contributed by atoms with van der Waals surface area (Å²) >= 11 is 4.76. The van der Waals surface area contributed by atoms with Gasteiger partial charge in [0.2, 0.25) is 0 Å². The summed E-state index contributed by atoms with van der Waals surface area (Å²) < 4.78 is 2.76. The molecule has 0 spiro atoms. The fraction of sp³-hybridized carbons (Fsp3) is 0.250. The first kappa shape index (κ1) is 8.77. The van der Waals surface area contributed by atoms with Crippen molar-refractivity contribution in [2.24, 2.45) is 0 Å². The van der Waals surface area contributed by atoms with Crippen LogP contribution in [0.3, 0.4) is 0 Å². The Morgan fingerprint density at radius 2 is 2.00 bits per heavy atom. The highest BCUT2D eigenvalue weighted by Crippen LogP contribution is 2.19. The molecule has 1 aromatic rings. The van der Waals surface area contributed by atoms with E-state index >= 15 is 0 Å². The Kier molecular flexibility index (Phi) is 3.42. The van der Waals surface area contributed by atoms with Crippen molar-refractivity contribution >= 4 is 45.2 Å². The summed E-state index contributed by atoms with van der Waals surface area (Å²) in [6.07, 6.45) is 1.13. The summed E-state index contributed by atoms with van der Waals surface area (Å²) in [4.78, 5) is 0. The van der Waals surface area contributed by atoms with Gasteiger partial charge in [-0.3, -0.25) is 0 Å². The lowest BCUT2D eigenvalue weighted by Crippen LogP contribution is -1.87. The van der Waals surface area contributed by atoms with Crippen LogP contribution in [0.4, 0.5) is 0 Å². The maximum absolute atomic E-state index is 2.40. The van der Waals surface area contributed by atoms with Crippen molar-refractivity contribution in [1.82, 2.24) is 0 Å². The number of benzene rings is 1. The molecule has 0 bridgehead atoms. The molecule has 1 aromatic carbocycles. The normalized spacial score (nSPS) is 9.90. The van der Waals surface area contributed by atoms with Gasteiger partial charge in [-0.25, -0.2) is 0 Å². The zero-order chi connectivity index (χ0) is 7.56. The molecule has 0 aliphatic carbocycles. The highest BCUT2D eigenvalue weighted by molar-refractivity contribution is 14.1. The van der Waals surface area contributed by atoms with Gasteiger partial charge < -0.3 is 0 Å². The third kappa shape index (κ3) is 1.84. The minimum Gasteiger partial charge on any atom is -0.0613 e. The number of aryl methyl sites for hydroxylation is 1. The van der Waals surface area contributed by atoms with Crippen molar-refractivity contribution in [3.8, 4) is 0 Å². The van der Waals surface area contributed by atoms with Crippen LogP contribution in [0.5, 0.6) is 0 Å². The molecule has 54 valence electrons. The molecule has 1 rings (SSSR count). The predicted molar refractivity (Wildman–Crippen MR) is 61.3 cm³/mol. The molecule has 2 heteroatoms. The average Bonchev–Trinajstić information content (AvgIpc) is 1.95. The van der Waals surface area contributed by atoms with Gasteiger partial charge in [0, 0.05) is 7.14 Å². The lowest BCUT2D eigenvalue weighted by molar-refractivity contribution is 1.12. The van der Waals surface area contributed by atoms with Gasteiger partial charge in [0.1, 0.15) is 0 Å². The molecule has 0 atom stereocenters. The maximum atomic E-state index is 2.40. The largest absolute Gasteiger partial charge is 0.0613 e. The first-order chi connectivity index (χ1) is 4.75. The zero-order valence-corrected chi connectivity index (χ0v) is 10.0. The molecule has 0 aromatic heterocycles. The minimum absolute atomic E-state index is 1.13. The molecular formula is C8H8I2. The van der Waals surface area contributed by atoms with Gasteiger partial charge in [0.05, 0.1) is 0 Å². The summed E-state index contributed by atoms with van der Waals surface area (Å²) in [5, 5.41) is 0. The van der Waals surface area contributed by atoms with Gasteiger partial charge >= 0.3 is 0 Å². The molecule has 0 aliphatic rings. The topological polar surface area (TPSA) is 0 Å². The standard InChI is InChI=1S/C8H8I2/c1-2-6-4-3-5-7(9)8(6)10/h3-5H,2H2,1H3. The lowest BCUT2D eigenvalue weighted by atomic mass is 10.2. The zero-order valence-electron chi connectivity index (χ0n) is 5.70. The van der Waals surface area contributed by atoms with Crippen LogP contribution in [-0.4, -0.2) is 0 Å². The van der Waals surface area contributed by atoms with Gasteiger partial charge in [-0.05, 0) is 63.2 Å². The highest BCUT2D eigenvalue weighted by Gasteiger charge is 1.98. The van der Waals surface area contributed by atoms with E-state index in [9.17, 15) is 0 Å². The van der Waals surface area contributed by atoms with E-state index in [1.54, 1.807) is 0 Å². The molecule has 0 fully saturated rings. The van der Waals surface area contributed by atoms with E-state index in [1.165, 1.54) is 12.7 Å². The van der Waals surface area contributed by atoms with Crippen LogP contribution in [0.15, 0.2) is 18.2 Å². The molecule has 10 heavy (non-hydrogen) atoms. The first-order valence-corrected chi connectivity index (χ1v) is 5.34. The smallest absolute Gasteiger partial charge is 0.0295 e.